The van der Waals surface area contributed by atoms with E-state index in [1.165, 1.54) is 11.1 Å². The molecule has 2 aliphatic carbocycles. The Balaban J connectivity index is 1.93. The second-order valence-corrected chi connectivity index (χ2v) is 11.8. The molecule has 18 heavy (non-hydrogen) atoms. The molecule has 2 aliphatic rings. The van der Waals surface area contributed by atoms with Crippen molar-refractivity contribution < 1.29 is 21.8 Å². The number of benzene rings is 1. The van der Waals surface area contributed by atoms with Crippen molar-refractivity contribution in [1.82, 2.24) is 0 Å². The Labute approximate surface area is 118 Å². The molecule has 1 unspecified atom stereocenters. The fraction of sp³-hybridized carbons (Fsp3) is 0.294. The van der Waals surface area contributed by atoms with Crippen LogP contribution in [0.4, 0.5) is 0 Å². The van der Waals surface area contributed by atoms with E-state index in [0.29, 0.717) is 5.92 Å². The van der Waals surface area contributed by atoms with Gasteiger partial charge in [0.05, 0.1) is 0 Å². The van der Waals surface area contributed by atoms with E-state index >= 15 is 0 Å². The summed E-state index contributed by atoms with van der Waals surface area (Å²) in [5.74, 6) is 0.655. The molecule has 0 radical (unpaired) electrons. The van der Waals surface area contributed by atoms with E-state index < -0.39 is 21.8 Å². The van der Waals surface area contributed by atoms with Crippen molar-refractivity contribution in [3.63, 3.8) is 0 Å². The molecule has 1 aromatic carbocycles. The molecular formula is C17H19Zr. The van der Waals surface area contributed by atoms with Gasteiger partial charge in [-0.3, -0.25) is 0 Å². The fourth-order valence-corrected chi connectivity index (χ4v) is 8.96. The molecule has 3 rings (SSSR count). The summed E-state index contributed by atoms with van der Waals surface area (Å²) in [5.41, 5.74) is 4.39. The maximum absolute atomic E-state index is 2.55. The van der Waals surface area contributed by atoms with Crippen LogP contribution >= 0.6 is 0 Å². The van der Waals surface area contributed by atoms with Crippen molar-refractivity contribution in [3.05, 3.63) is 62.5 Å². The molecule has 1 aromatic rings. The van der Waals surface area contributed by atoms with Crippen LogP contribution in [0.15, 0.2) is 45.8 Å². The molecule has 0 amide bonds. The maximum atomic E-state index is 2.55. The van der Waals surface area contributed by atoms with Gasteiger partial charge in [0, 0.05) is 0 Å². The van der Waals surface area contributed by atoms with E-state index in [-0.39, 0.29) is 0 Å². The second-order valence-electron chi connectivity index (χ2n) is 5.43. The molecule has 0 nitrogen and oxygen atoms in total. The molecule has 0 saturated carbocycles. The van der Waals surface area contributed by atoms with E-state index in [1.807, 2.05) is 0 Å². The summed E-state index contributed by atoms with van der Waals surface area (Å²) in [4.78, 5) is 0. The Kier molecular flexibility index (Phi) is 3.28. The van der Waals surface area contributed by atoms with Crippen molar-refractivity contribution in [1.29, 1.82) is 0 Å². The summed E-state index contributed by atoms with van der Waals surface area (Å²) in [6.07, 6.45) is 11.7. The van der Waals surface area contributed by atoms with Crippen LogP contribution in [0.3, 0.4) is 0 Å². The predicted octanol–water partition coefficient (Wildman–Crippen LogP) is 5.03. The minimum absolute atomic E-state index is 0.655. The average molecular weight is 315 g/mol. The normalized spacial score (nSPS) is 21.3. The number of hydrogen-bond acceptors (Lipinski definition) is 0. The van der Waals surface area contributed by atoms with Gasteiger partial charge in [-0.15, -0.1) is 0 Å². The van der Waals surface area contributed by atoms with E-state index in [1.54, 1.807) is 8.84 Å². The average Bonchev–Trinajstić information content (AvgIpc) is 2.97. The zero-order valence-electron chi connectivity index (χ0n) is 11.3. The zero-order chi connectivity index (χ0) is 12.7. The molecule has 0 N–H and O–H groups in total. The van der Waals surface area contributed by atoms with Crippen LogP contribution in [0.2, 0.25) is 8.26 Å². The van der Waals surface area contributed by atoms with Gasteiger partial charge in [0.1, 0.15) is 0 Å². The van der Waals surface area contributed by atoms with Gasteiger partial charge in [-0.2, -0.15) is 0 Å². The van der Waals surface area contributed by atoms with Gasteiger partial charge < -0.3 is 0 Å². The third-order valence-corrected chi connectivity index (χ3v) is 11.3. The third kappa shape index (κ3) is 2.03. The molecule has 0 fully saturated rings. The monoisotopic (exact) mass is 313 g/mol. The number of hydrogen-bond donors (Lipinski definition) is 0. The summed E-state index contributed by atoms with van der Waals surface area (Å²) in [6, 6.07) is 6.92. The van der Waals surface area contributed by atoms with Gasteiger partial charge in [0.25, 0.3) is 0 Å². The van der Waals surface area contributed by atoms with Crippen molar-refractivity contribution >= 4 is 6.08 Å². The second kappa shape index (κ2) is 4.78. The molecule has 0 bridgehead atoms. The van der Waals surface area contributed by atoms with E-state index in [9.17, 15) is 0 Å². The topological polar surface area (TPSA) is 0 Å². The van der Waals surface area contributed by atoms with Gasteiger partial charge in [-0.05, 0) is 0 Å². The number of aryl methyl sites for hydroxylation is 1. The quantitative estimate of drug-likeness (QED) is 0.718. The van der Waals surface area contributed by atoms with Gasteiger partial charge in [-0.25, -0.2) is 0 Å². The Morgan fingerprint density at radius 2 is 1.83 bits per heavy atom. The van der Waals surface area contributed by atoms with Gasteiger partial charge in [0.2, 0.25) is 0 Å². The summed E-state index contributed by atoms with van der Waals surface area (Å²) in [7, 11) is 0. The third-order valence-electron chi connectivity index (χ3n) is 4.19. The number of rotatable bonds is 2. The predicted molar refractivity (Wildman–Crippen MR) is 75.5 cm³/mol. The van der Waals surface area contributed by atoms with Crippen LogP contribution in [-0.4, -0.2) is 0 Å². The Hall–Kier alpha value is -0.677. The molecular weight excluding hydrogens is 295 g/mol. The standard InChI is InChI=1S/C11H11.C5H5.CH3.Zr/c1-8-3-6-11-9(2)4-5-10(11)7-8;1-2-4-5-3-1;;/h3,5-7,9H,1-2H3;1-5H;1H3;. The van der Waals surface area contributed by atoms with E-state index in [4.69, 9.17) is 0 Å². The minimum atomic E-state index is -1.50. The molecule has 0 aromatic heterocycles. The zero-order valence-corrected chi connectivity index (χ0v) is 13.7. The van der Waals surface area contributed by atoms with E-state index in [0.717, 1.165) is 3.63 Å². The summed E-state index contributed by atoms with van der Waals surface area (Å²) >= 11 is -1.50. The van der Waals surface area contributed by atoms with Gasteiger partial charge >= 0.3 is 118 Å². The first-order valence-electron chi connectivity index (χ1n) is 6.68. The van der Waals surface area contributed by atoms with Gasteiger partial charge in [-0.1, -0.05) is 0 Å². The Morgan fingerprint density at radius 3 is 2.56 bits per heavy atom. The van der Waals surface area contributed by atoms with Crippen LogP contribution in [0.5, 0.6) is 0 Å². The van der Waals surface area contributed by atoms with Crippen LogP contribution in [0.25, 0.3) is 6.08 Å². The van der Waals surface area contributed by atoms with Crippen LogP contribution in [0, 0.1) is 6.92 Å². The molecule has 0 aliphatic heterocycles. The molecule has 1 atom stereocenters. The fourth-order valence-electron chi connectivity index (χ4n) is 3.04. The van der Waals surface area contributed by atoms with Crippen molar-refractivity contribution in [2.75, 3.05) is 0 Å². The number of allylic oxidation sites excluding steroid dienone is 5. The molecule has 1 heteroatoms. The molecule has 0 saturated heterocycles. The summed E-state index contributed by atoms with van der Waals surface area (Å²) in [5, 5.41) is 0. The summed E-state index contributed by atoms with van der Waals surface area (Å²) in [6.45, 7) is 4.57. The van der Waals surface area contributed by atoms with Crippen molar-refractivity contribution in [3.8, 4) is 0 Å². The molecule has 0 spiro atoms. The van der Waals surface area contributed by atoms with Crippen molar-refractivity contribution in [2.24, 2.45) is 0 Å². The van der Waals surface area contributed by atoms with Crippen LogP contribution < -0.4 is 0 Å². The first-order chi connectivity index (χ1) is 8.66. The van der Waals surface area contributed by atoms with Crippen molar-refractivity contribution in [2.45, 2.75) is 28.0 Å². The molecule has 0 heterocycles. The Morgan fingerprint density at radius 1 is 1.11 bits per heavy atom. The first kappa shape index (κ1) is 12.4. The Bertz CT molecular complexity index is 551. The summed E-state index contributed by atoms with van der Waals surface area (Å²) < 4.78 is 5.10. The first-order valence-corrected chi connectivity index (χ1v) is 11.8. The number of fused-ring (bicyclic) bond motifs is 1. The van der Waals surface area contributed by atoms with Gasteiger partial charge in [0.15, 0.2) is 0 Å². The van der Waals surface area contributed by atoms with Crippen LogP contribution in [-0.2, 0) is 21.8 Å². The van der Waals surface area contributed by atoms with Crippen LogP contribution in [0.1, 0.15) is 29.5 Å². The SMILES string of the molecule is Cc1ccc2c(c1)C=[C]([Zr]([CH3])[CH]1C=CC=C1)C2C. The van der Waals surface area contributed by atoms with E-state index in [2.05, 4.69) is 67.1 Å². The molecule has 91 valence electrons.